The number of hydrogen-bond acceptors (Lipinski definition) is 6. The normalized spacial score (nSPS) is 9.87. The van der Waals surface area contributed by atoms with Crippen LogP contribution in [0.2, 0.25) is 0 Å². The minimum atomic E-state index is -1.15. The minimum Gasteiger partial charge on any atom is -0.243 e. The van der Waals surface area contributed by atoms with Gasteiger partial charge in [0.1, 0.15) is 18.7 Å². The van der Waals surface area contributed by atoms with Crippen LogP contribution in [0.1, 0.15) is 5.82 Å². The number of aromatic nitrogens is 6. The maximum absolute atomic E-state index is 12.6. The number of nitriles is 1. The Bertz CT molecular complexity index is 536. The number of carbonyl (C=O) groups excluding carboxylic acids is 1. The Balaban J connectivity index is 2.47. The van der Waals surface area contributed by atoms with E-state index in [2.05, 4.69) is 20.2 Å². The number of halogens is 1. The fourth-order valence-corrected chi connectivity index (χ4v) is 0.897. The first kappa shape index (κ1) is 8.95. The molecule has 0 atom stereocenters. The molecule has 8 nitrogen and oxygen atoms in total. The van der Waals surface area contributed by atoms with Gasteiger partial charge in [0.15, 0.2) is 0 Å². The van der Waals surface area contributed by atoms with Crippen molar-refractivity contribution in [2.75, 3.05) is 0 Å². The van der Waals surface area contributed by atoms with Crippen LogP contribution in [0, 0.1) is 17.4 Å². The van der Waals surface area contributed by atoms with Crippen molar-refractivity contribution in [1.29, 1.82) is 5.26 Å². The third kappa shape index (κ3) is 1.44. The highest BCUT2D eigenvalue weighted by molar-refractivity contribution is 5.77. The average molecular weight is 207 g/mol. The van der Waals surface area contributed by atoms with E-state index in [1.807, 2.05) is 0 Å². The van der Waals surface area contributed by atoms with E-state index in [0.717, 1.165) is 17.3 Å². The summed E-state index contributed by atoms with van der Waals surface area (Å²) in [6, 6.07) is 0.693. The predicted octanol–water partition coefficient (Wildman–Crippen LogP) is -0.603. The molecule has 2 aromatic heterocycles. The summed E-state index contributed by atoms with van der Waals surface area (Å²) in [6.45, 7) is 0. The fourth-order valence-electron chi connectivity index (χ4n) is 0.897. The highest BCUT2D eigenvalue weighted by Gasteiger charge is 2.17. The number of carbonyl (C=O) groups is 1. The van der Waals surface area contributed by atoms with Crippen LogP contribution in [-0.2, 0) is 0 Å². The number of hydrogen-bond donors (Lipinski definition) is 0. The van der Waals surface area contributed by atoms with Crippen molar-refractivity contribution in [3.05, 3.63) is 24.6 Å². The lowest BCUT2D eigenvalue weighted by Crippen LogP contribution is -2.22. The van der Waals surface area contributed by atoms with E-state index < -0.39 is 17.9 Å². The quantitative estimate of drug-likeness (QED) is 0.571. The van der Waals surface area contributed by atoms with Crippen molar-refractivity contribution in [3.8, 4) is 6.07 Å². The number of nitrogens with zero attached hydrogens (tertiary/aromatic N) is 7. The zero-order valence-corrected chi connectivity index (χ0v) is 7.07. The van der Waals surface area contributed by atoms with Crippen LogP contribution in [0.5, 0.6) is 0 Å². The fraction of sp³-hybridized carbons (Fsp3) is 0. The van der Waals surface area contributed by atoms with Gasteiger partial charge in [-0.05, 0) is 0 Å². The third-order valence-electron chi connectivity index (χ3n) is 1.48. The molecule has 2 rings (SSSR count). The minimum absolute atomic E-state index is 0.451. The molecule has 0 unspecified atom stereocenters. The van der Waals surface area contributed by atoms with Crippen LogP contribution >= 0.6 is 0 Å². The largest absolute Gasteiger partial charge is 0.373 e. The van der Waals surface area contributed by atoms with Crippen molar-refractivity contribution in [3.63, 3.8) is 0 Å². The van der Waals surface area contributed by atoms with Crippen molar-refractivity contribution < 1.29 is 9.18 Å². The molecule has 74 valence electrons. The van der Waals surface area contributed by atoms with Crippen molar-refractivity contribution in [2.45, 2.75) is 0 Å². The van der Waals surface area contributed by atoms with Gasteiger partial charge in [-0.2, -0.15) is 24.4 Å². The molecule has 0 bridgehead atoms. The van der Waals surface area contributed by atoms with Crippen molar-refractivity contribution in [1.82, 2.24) is 29.5 Å². The molecular weight excluding hydrogens is 205 g/mol. The second-order valence-electron chi connectivity index (χ2n) is 2.35. The molecule has 0 aliphatic heterocycles. The Hall–Kier alpha value is -2.63. The van der Waals surface area contributed by atoms with Gasteiger partial charge in [0, 0.05) is 0 Å². The molecule has 0 aliphatic carbocycles. The Morgan fingerprint density at radius 2 is 2.40 bits per heavy atom. The molecule has 0 amide bonds. The Kier molecular flexibility index (Phi) is 1.94. The molecular formula is C6H2FN7O. The lowest BCUT2D eigenvalue weighted by molar-refractivity contribution is 0.237. The van der Waals surface area contributed by atoms with Gasteiger partial charge < -0.3 is 0 Å². The summed E-state index contributed by atoms with van der Waals surface area (Å²) < 4.78 is 13.9. The van der Waals surface area contributed by atoms with Crippen LogP contribution in [0.25, 0.3) is 0 Å². The molecule has 2 heterocycles. The highest BCUT2D eigenvalue weighted by Crippen LogP contribution is 1.97. The summed E-state index contributed by atoms with van der Waals surface area (Å²) in [5.41, 5.74) is 0. The van der Waals surface area contributed by atoms with Gasteiger partial charge in [0.05, 0.1) is 0 Å². The van der Waals surface area contributed by atoms with E-state index in [0.29, 0.717) is 4.68 Å². The van der Waals surface area contributed by atoms with Crippen molar-refractivity contribution in [2.24, 2.45) is 0 Å². The topological polar surface area (TPSA) is 102 Å². The lowest BCUT2D eigenvalue weighted by atomic mass is 10.7. The summed E-state index contributed by atoms with van der Waals surface area (Å²) in [5, 5.41) is 15.2. The molecule has 0 spiro atoms. The predicted molar refractivity (Wildman–Crippen MR) is 40.9 cm³/mol. The zero-order chi connectivity index (χ0) is 10.8. The Labute approximate surface area is 81.6 Å². The Morgan fingerprint density at radius 1 is 1.60 bits per heavy atom. The van der Waals surface area contributed by atoms with Gasteiger partial charge in [0.25, 0.3) is 0 Å². The number of rotatable bonds is 0. The van der Waals surface area contributed by atoms with Crippen LogP contribution in [-0.4, -0.2) is 35.6 Å². The molecule has 0 saturated carbocycles. The summed E-state index contributed by atoms with van der Waals surface area (Å²) in [6.07, 6.45) is 1.07. The lowest BCUT2D eigenvalue weighted by Gasteiger charge is -1.97. The summed E-state index contributed by atoms with van der Waals surface area (Å²) in [7, 11) is 0. The smallest absolute Gasteiger partial charge is 0.243 e. The van der Waals surface area contributed by atoms with Crippen LogP contribution in [0.15, 0.2) is 12.7 Å². The molecule has 0 fully saturated rings. The van der Waals surface area contributed by atoms with Gasteiger partial charge >= 0.3 is 12.1 Å². The second-order valence-corrected chi connectivity index (χ2v) is 2.35. The summed E-state index contributed by atoms with van der Waals surface area (Å²) in [4.78, 5) is 18.1. The van der Waals surface area contributed by atoms with E-state index in [9.17, 15) is 9.18 Å². The molecule has 2 aromatic rings. The van der Waals surface area contributed by atoms with Gasteiger partial charge in [-0.1, -0.05) is 0 Å². The first-order chi connectivity index (χ1) is 7.22. The van der Waals surface area contributed by atoms with E-state index in [1.54, 1.807) is 0 Å². The first-order valence-electron chi connectivity index (χ1n) is 3.64. The Morgan fingerprint density at radius 3 is 3.00 bits per heavy atom. The van der Waals surface area contributed by atoms with E-state index in [4.69, 9.17) is 5.26 Å². The maximum atomic E-state index is 12.6. The summed E-state index contributed by atoms with van der Waals surface area (Å²) in [5.74, 6) is -0.451. The summed E-state index contributed by atoms with van der Waals surface area (Å²) >= 11 is 0. The van der Waals surface area contributed by atoms with Crippen LogP contribution < -0.4 is 0 Å². The van der Waals surface area contributed by atoms with Crippen molar-refractivity contribution >= 4 is 6.03 Å². The van der Waals surface area contributed by atoms with E-state index in [1.165, 1.54) is 6.07 Å². The first-order valence-corrected chi connectivity index (χ1v) is 3.64. The molecule has 0 aliphatic rings. The van der Waals surface area contributed by atoms with E-state index in [-0.39, 0.29) is 0 Å². The second kappa shape index (κ2) is 3.26. The zero-order valence-electron chi connectivity index (χ0n) is 7.07. The molecule has 0 aromatic carbocycles. The SMILES string of the molecule is N#Cc1nc(F)nn1C(=O)n1cncn1. The average Bonchev–Trinajstić information content (AvgIpc) is 2.84. The van der Waals surface area contributed by atoms with Gasteiger partial charge in [-0.15, -0.1) is 9.78 Å². The molecule has 0 saturated heterocycles. The maximum Gasteiger partial charge on any atom is 0.373 e. The monoisotopic (exact) mass is 207 g/mol. The third-order valence-corrected chi connectivity index (χ3v) is 1.48. The van der Waals surface area contributed by atoms with Gasteiger partial charge in [-0.25, -0.2) is 9.78 Å². The molecule has 0 radical (unpaired) electrons. The van der Waals surface area contributed by atoms with Gasteiger partial charge in [0.2, 0.25) is 5.82 Å². The van der Waals surface area contributed by atoms with Crippen LogP contribution in [0.4, 0.5) is 9.18 Å². The standard InChI is InChI=1S/C6H2FN7O/c7-5-11-4(1-8)14(12-5)6(15)13-3-9-2-10-13/h2-3H. The highest BCUT2D eigenvalue weighted by atomic mass is 19.1. The molecule has 9 heteroatoms. The molecule has 0 N–H and O–H groups in total. The van der Waals surface area contributed by atoms with Crippen LogP contribution in [0.3, 0.4) is 0 Å². The molecule has 15 heavy (non-hydrogen) atoms. The van der Waals surface area contributed by atoms with Gasteiger partial charge in [-0.3, -0.25) is 0 Å². The van der Waals surface area contributed by atoms with E-state index >= 15 is 0 Å².